The van der Waals surface area contributed by atoms with Gasteiger partial charge < -0.3 is 44.0 Å². The van der Waals surface area contributed by atoms with E-state index in [1.165, 1.54) is 50.2 Å². The van der Waals surface area contributed by atoms with Crippen LogP contribution >= 0.6 is 0 Å². The topological polar surface area (TPSA) is 184 Å². The van der Waals surface area contributed by atoms with E-state index < -0.39 is 11.7 Å². The fourth-order valence-electron chi connectivity index (χ4n) is 8.41. The van der Waals surface area contributed by atoms with E-state index in [9.17, 15) is 23.2 Å². The molecule has 0 atom stereocenters. The summed E-state index contributed by atoms with van der Waals surface area (Å²) in [5.41, 5.74) is 6.52. The van der Waals surface area contributed by atoms with Crippen molar-refractivity contribution in [1.82, 2.24) is 36.0 Å². The number of piperidine rings is 2. The summed E-state index contributed by atoms with van der Waals surface area (Å²) in [5.74, 6) is 2.57. The average molecular weight is 1120 g/mol. The SMILES string of the molecule is CC(C)COc1ccc(CC(=O)NO)cc1.CC(C)COc1ccc(CNC(=O)N(Cc2ccc(F)cc2)C2CCN(C)CC2)cc1.CC(C)COc1ccc(Cc2noc(=O)o2)cc1.CN1CCC(NCc2ccc(F)cc2)CC1. The highest BCUT2D eigenvalue weighted by atomic mass is 19.1. The van der Waals surface area contributed by atoms with Gasteiger partial charge in [0.15, 0.2) is 0 Å². The zero-order valence-corrected chi connectivity index (χ0v) is 48.5. The molecule has 4 N–H and O–H groups in total. The molecule has 440 valence electrons. The van der Waals surface area contributed by atoms with Crippen LogP contribution in [0, 0.1) is 29.4 Å². The molecule has 8 rings (SSSR count). The van der Waals surface area contributed by atoms with Gasteiger partial charge in [-0.05, 0) is 177 Å². The van der Waals surface area contributed by atoms with Gasteiger partial charge in [0.1, 0.15) is 28.9 Å². The van der Waals surface area contributed by atoms with E-state index in [2.05, 4.69) is 85.8 Å². The fraction of sp³-hybridized carbons (Fsp3) is 0.460. The molecule has 3 heterocycles. The van der Waals surface area contributed by atoms with Gasteiger partial charge in [-0.2, -0.15) is 0 Å². The number of likely N-dealkylation sites (tertiary alicyclic amines) is 2. The number of aromatic nitrogens is 1. The fourth-order valence-corrected chi connectivity index (χ4v) is 8.41. The predicted molar refractivity (Wildman–Crippen MR) is 310 cm³/mol. The van der Waals surface area contributed by atoms with Crippen LogP contribution in [-0.4, -0.2) is 109 Å². The Balaban J connectivity index is 0.000000208. The highest BCUT2D eigenvalue weighted by molar-refractivity contribution is 5.77. The van der Waals surface area contributed by atoms with Crippen LogP contribution in [0.5, 0.6) is 17.2 Å². The van der Waals surface area contributed by atoms with E-state index in [0.29, 0.717) is 63.1 Å². The van der Waals surface area contributed by atoms with E-state index in [4.69, 9.17) is 23.8 Å². The Kier molecular flexibility index (Phi) is 27.9. The number of nitrogens with zero attached hydrogens (tertiary/aromatic N) is 4. The van der Waals surface area contributed by atoms with Crippen molar-refractivity contribution in [3.8, 4) is 17.2 Å². The van der Waals surface area contributed by atoms with E-state index in [0.717, 1.165) is 77.5 Å². The Morgan fingerprint density at radius 1 is 0.617 bits per heavy atom. The maximum atomic E-state index is 13.3. The second-order valence-electron chi connectivity index (χ2n) is 21.9. The van der Waals surface area contributed by atoms with Gasteiger partial charge in [0, 0.05) is 31.7 Å². The van der Waals surface area contributed by atoms with Crippen LogP contribution in [0.1, 0.15) is 101 Å². The number of ether oxygens (including phenoxy) is 3. The van der Waals surface area contributed by atoms with Crippen LogP contribution in [-0.2, 0) is 37.3 Å². The van der Waals surface area contributed by atoms with Gasteiger partial charge >= 0.3 is 11.9 Å². The molecule has 2 saturated heterocycles. The summed E-state index contributed by atoms with van der Waals surface area (Å²) >= 11 is 0. The van der Waals surface area contributed by atoms with Crippen molar-refractivity contribution < 1.29 is 46.7 Å². The van der Waals surface area contributed by atoms with E-state index in [1.54, 1.807) is 17.6 Å². The van der Waals surface area contributed by atoms with Gasteiger partial charge in [-0.1, -0.05) is 102 Å². The lowest BCUT2D eigenvalue weighted by Crippen LogP contribution is -2.49. The Morgan fingerprint density at radius 3 is 1.48 bits per heavy atom. The van der Waals surface area contributed by atoms with Crippen molar-refractivity contribution >= 4 is 11.9 Å². The molecule has 2 fully saturated rings. The summed E-state index contributed by atoms with van der Waals surface area (Å²) in [4.78, 5) is 41.2. The summed E-state index contributed by atoms with van der Waals surface area (Å²) in [7, 11) is 4.27. The summed E-state index contributed by atoms with van der Waals surface area (Å²) in [6.07, 6.45) is 4.88. The van der Waals surface area contributed by atoms with Crippen LogP contribution < -0.4 is 36.1 Å². The largest absolute Gasteiger partial charge is 0.542 e. The number of hydrogen-bond donors (Lipinski definition) is 4. The number of carbonyl (C=O) groups excluding carboxylic acids is 2. The molecule has 5 aromatic carbocycles. The Labute approximate surface area is 477 Å². The average Bonchev–Trinajstić information content (AvgIpc) is 3.90. The van der Waals surface area contributed by atoms with E-state index >= 15 is 0 Å². The smallest absolute Gasteiger partial charge is 0.493 e. The van der Waals surface area contributed by atoms with Crippen molar-refractivity contribution in [3.05, 3.63) is 177 Å². The standard InChI is InChI=1S/C25H34FN3O2.C13H19FN2.C13H15NO4.C12H17NO3/c1-19(2)18-31-24-10-6-20(7-11-24)16-27-25(30)29(23-12-14-28(3)15-13-23)17-21-4-8-22(26)9-5-21;1-16-8-6-13(7-9-16)15-10-11-2-4-12(14)5-3-11;1-9(2)8-16-11-5-3-10(4-6-11)7-12-14-18-13(15)17-12;1-9(2)8-16-11-5-3-10(4-6-11)7-12(14)13-15/h4-11,19,23H,12-18H2,1-3H3,(H,27,30);2-5,13,15H,6-10H2,1H3;3-6,9H,7-8H2,1-2H3;3-6,9,15H,7-8H2,1-2H3,(H,13,14). The number of amides is 3. The second-order valence-corrected chi connectivity index (χ2v) is 21.9. The van der Waals surface area contributed by atoms with Gasteiger partial charge in [-0.25, -0.2) is 23.9 Å². The minimum Gasteiger partial charge on any atom is -0.493 e. The molecule has 81 heavy (non-hydrogen) atoms. The molecule has 0 aliphatic carbocycles. The molecule has 16 nitrogen and oxygen atoms in total. The molecule has 18 heteroatoms. The number of nitrogens with one attached hydrogen (secondary N) is 3. The van der Waals surface area contributed by atoms with Gasteiger partial charge in [-0.15, -0.1) is 0 Å². The van der Waals surface area contributed by atoms with Crippen molar-refractivity contribution in [3.63, 3.8) is 0 Å². The molecule has 1 aromatic heterocycles. The minimum atomic E-state index is -0.776. The number of hydrogen-bond acceptors (Lipinski definition) is 13. The third kappa shape index (κ3) is 25.9. The summed E-state index contributed by atoms with van der Waals surface area (Å²) < 4.78 is 51.9. The zero-order valence-electron chi connectivity index (χ0n) is 48.5. The summed E-state index contributed by atoms with van der Waals surface area (Å²) in [6, 6.07) is 36.5. The lowest BCUT2D eigenvalue weighted by molar-refractivity contribution is -0.128. The van der Waals surface area contributed by atoms with Gasteiger partial charge in [0.25, 0.3) is 0 Å². The minimum absolute atomic E-state index is 0.0842. The Hall–Kier alpha value is -7.12. The maximum Gasteiger partial charge on any atom is 0.542 e. The summed E-state index contributed by atoms with van der Waals surface area (Å²) in [6.45, 7) is 20.7. The molecule has 0 radical (unpaired) electrons. The van der Waals surface area contributed by atoms with Crippen molar-refractivity contribution in [2.45, 2.75) is 112 Å². The van der Waals surface area contributed by atoms with Crippen molar-refractivity contribution in [1.29, 1.82) is 0 Å². The number of hydroxylamine groups is 1. The van der Waals surface area contributed by atoms with Crippen molar-refractivity contribution in [2.24, 2.45) is 17.8 Å². The molecule has 2 aliphatic rings. The first kappa shape index (κ1) is 64.7. The normalized spacial score (nSPS) is 14.0. The van der Waals surface area contributed by atoms with Gasteiger partial charge in [0.2, 0.25) is 11.8 Å². The quantitative estimate of drug-likeness (QED) is 0.0395. The van der Waals surface area contributed by atoms with E-state index in [1.807, 2.05) is 89.8 Å². The Morgan fingerprint density at radius 2 is 1.04 bits per heavy atom. The molecule has 6 aromatic rings. The second kappa shape index (κ2) is 34.9. The first-order chi connectivity index (χ1) is 38.9. The molecule has 3 amide bonds. The van der Waals surface area contributed by atoms with Gasteiger partial charge in [0.05, 0.1) is 32.7 Å². The molecule has 0 bridgehead atoms. The highest BCUT2D eigenvalue weighted by Gasteiger charge is 2.27. The molecule has 2 aliphatic heterocycles. The van der Waals surface area contributed by atoms with Crippen LogP contribution in [0.25, 0.3) is 0 Å². The maximum absolute atomic E-state index is 13.3. The third-order valence-corrected chi connectivity index (χ3v) is 13.1. The van der Waals surface area contributed by atoms with Crippen LogP contribution in [0.4, 0.5) is 13.6 Å². The molecule has 0 unspecified atom stereocenters. The zero-order chi connectivity index (χ0) is 58.5. The third-order valence-electron chi connectivity index (χ3n) is 13.1. The predicted octanol–water partition coefficient (Wildman–Crippen LogP) is 10.7. The number of halogens is 2. The highest BCUT2D eigenvalue weighted by Crippen LogP contribution is 2.21. The van der Waals surface area contributed by atoms with Crippen LogP contribution in [0.15, 0.2) is 135 Å². The monoisotopic (exact) mass is 1120 g/mol. The van der Waals surface area contributed by atoms with Crippen LogP contribution in [0.2, 0.25) is 0 Å². The molecule has 0 spiro atoms. The van der Waals surface area contributed by atoms with Crippen LogP contribution in [0.3, 0.4) is 0 Å². The van der Waals surface area contributed by atoms with Gasteiger partial charge in [-0.3, -0.25) is 14.5 Å². The molecular formula is C63H85F2N7O9. The van der Waals surface area contributed by atoms with E-state index in [-0.39, 0.29) is 36.0 Å². The summed E-state index contributed by atoms with van der Waals surface area (Å²) in [5, 5.41) is 18.5. The number of rotatable bonds is 21. The van der Waals surface area contributed by atoms with Crippen molar-refractivity contribution in [2.75, 3.05) is 60.1 Å². The number of urea groups is 1. The lowest BCUT2D eigenvalue weighted by atomic mass is 10.0. The number of carbonyl (C=O) groups is 2. The first-order valence-electron chi connectivity index (χ1n) is 28.1. The first-order valence-corrected chi connectivity index (χ1v) is 28.1. The number of benzene rings is 5. The molecular weight excluding hydrogens is 1040 g/mol. The molecule has 0 saturated carbocycles. The lowest BCUT2D eigenvalue weighted by Gasteiger charge is -2.37. The Bertz CT molecular complexity index is 2740.